The fourth-order valence-electron chi connectivity index (χ4n) is 2.22. The van der Waals surface area contributed by atoms with Crippen LogP contribution in [0.2, 0.25) is 0 Å². The first-order valence-corrected chi connectivity index (χ1v) is 6.73. The molecule has 0 fully saturated rings. The van der Waals surface area contributed by atoms with E-state index in [1.54, 1.807) is 7.11 Å². The van der Waals surface area contributed by atoms with Gasteiger partial charge in [0.05, 0.1) is 18.7 Å². The average molecular weight is 275 g/mol. The molecule has 0 unspecified atom stereocenters. The van der Waals surface area contributed by atoms with E-state index in [9.17, 15) is 5.11 Å². The number of pyridine rings is 1. The van der Waals surface area contributed by atoms with E-state index in [1.807, 2.05) is 29.2 Å². The number of ether oxygens (including phenoxy) is 1. The van der Waals surface area contributed by atoms with Crippen LogP contribution in [0.3, 0.4) is 0 Å². The Kier molecular flexibility index (Phi) is 5.29. The van der Waals surface area contributed by atoms with E-state index in [4.69, 9.17) is 15.5 Å². The molecule has 0 aliphatic rings. The Morgan fingerprint density at radius 3 is 2.80 bits per heavy atom. The van der Waals surface area contributed by atoms with Crippen LogP contribution in [-0.2, 0) is 11.3 Å². The molecule has 0 aliphatic carbocycles. The Hall–Kier alpha value is -1.69. The highest BCUT2D eigenvalue weighted by atomic mass is 16.5. The van der Waals surface area contributed by atoms with Crippen LogP contribution in [-0.4, -0.2) is 43.5 Å². The Balaban J connectivity index is 2.42. The summed E-state index contributed by atoms with van der Waals surface area (Å²) in [5, 5.41) is 10.3. The summed E-state index contributed by atoms with van der Waals surface area (Å²) in [4.78, 5) is 6.71. The zero-order valence-electron chi connectivity index (χ0n) is 11.7. The summed E-state index contributed by atoms with van der Waals surface area (Å²) in [6.07, 6.45) is 0. The number of benzene rings is 1. The maximum absolute atomic E-state index is 9.23. The summed E-state index contributed by atoms with van der Waals surface area (Å²) in [6.45, 7) is 2.26. The van der Waals surface area contributed by atoms with Crippen molar-refractivity contribution in [1.82, 2.24) is 4.98 Å². The lowest BCUT2D eigenvalue weighted by Gasteiger charge is -2.25. The van der Waals surface area contributed by atoms with Crippen molar-refractivity contribution in [3.63, 3.8) is 0 Å². The predicted octanol–water partition coefficient (Wildman–Crippen LogP) is 1.14. The van der Waals surface area contributed by atoms with E-state index >= 15 is 0 Å². The Bertz CT molecular complexity index is 560. The van der Waals surface area contributed by atoms with Crippen LogP contribution in [0, 0.1) is 0 Å². The van der Waals surface area contributed by atoms with Crippen molar-refractivity contribution in [2.45, 2.75) is 6.54 Å². The maximum Gasteiger partial charge on any atom is 0.133 e. The maximum atomic E-state index is 9.23. The molecule has 20 heavy (non-hydrogen) atoms. The Morgan fingerprint density at radius 2 is 2.10 bits per heavy atom. The zero-order valence-corrected chi connectivity index (χ0v) is 11.7. The molecule has 5 nitrogen and oxygen atoms in total. The van der Waals surface area contributed by atoms with Crippen molar-refractivity contribution in [2.24, 2.45) is 5.73 Å². The van der Waals surface area contributed by atoms with Gasteiger partial charge in [-0.15, -0.1) is 0 Å². The number of hydrogen-bond donors (Lipinski definition) is 2. The predicted molar refractivity (Wildman–Crippen MR) is 80.8 cm³/mol. The number of aliphatic hydroxyl groups is 1. The molecule has 0 radical (unpaired) electrons. The average Bonchev–Trinajstić information content (AvgIpc) is 2.50. The fourth-order valence-corrected chi connectivity index (χ4v) is 2.22. The number of hydrogen-bond acceptors (Lipinski definition) is 5. The van der Waals surface area contributed by atoms with Crippen LogP contribution in [0.15, 0.2) is 30.3 Å². The number of fused-ring (bicyclic) bond motifs is 1. The monoisotopic (exact) mass is 275 g/mol. The molecule has 2 rings (SSSR count). The first-order valence-electron chi connectivity index (χ1n) is 6.73. The van der Waals surface area contributed by atoms with Gasteiger partial charge >= 0.3 is 0 Å². The van der Waals surface area contributed by atoms with E-state index in [0.717, 1.165) is 22.3 Å². The molecule has 3 N–H and O–H groups in total. The van der Waals surface area contributed by atoms with Crippen molar-refractivity contribution in [1.29, 1.82) is 0 Å². The quantitative estimate of drug-likeness (QED) is 0.793. The van der Waals surface area contributed by atoms with Crippen LogP contribution >= 0.6 is 0 Å². The largest absolute Gasteiger partial charge is 0.395 e. The van der Waals surface area contributed by atoms with E-state index in [1.165, 1.54) is 0 Å². The van der Waals surface area contributed by atoms with Gasteiger partial charge in [-0.2, -0.15) is 0 Å². The number of aromatic nitrogens is 1. The molecule has 1 aromatic heterocycles. The normalized spacial score (nSPS) is 10.9. The summed E-state index contributed by atoms with van der Waals surface area (Å²) in [7, 11) is 1.66. The fraction of sp³-hybridized carbons (Fsp3) is 0.400. The molecule has 1 aromatic carbocycles. The third-order valence-corrected chi connectivity index (χ3v) is 3.23. The molecule has 108 valence electrons. The second-order valence-electron chi connectivity index (χ2n) is 4.57. The van der Waals surface area contributed by atoms with Gasteiger partial charge in [0, 0.05) is 37.7 Å². The van der Waals surface area contributed by atoms with Gasteiger partial charge in [0.1, 0.15) is 5.82 Å². The standard InChI is InChI=1S/C15H21N3O2/c1-20-9-7-18(6-8-19)15-13(11-16)10-12-4-2-3-5-14(12)17-15/h2-5,10,19H,6-9,11,16H2,1H3. The minimum Gasteiger partial charge on any atom is -0.395 e. The smallest absolute Gasteiger partial charge is 0.133 e. The Morgan fingerprint density at radius 1 is 1.30 bits per heavy atom. The molecule has 0 atom stereocenters. The molecule has 0 spiro atoms. The SMILES string of the molecule is COCCN(CCO)c1nc2ccccc2cc1CN. The molecule has 0 aliphatic heterocycles. The number of rotatable bonds is 7. The number of nitrogens with two attached hydrogens (primary N) is 1. The van der Waals surface area contributed by atoms with E-state index < -0.39 is 0 Å². The number of methoxy groups -OCH3 is 1. The van der Waals surface area contributed by atoms with Crippen LogP contribution in [0.1, 0.15) is 5.56 Å². The van der Waals surface area contributed by atoms with E-state index in [2.05, 4.69) is 6.07 Å². The minimum absolute atomic E-state index is 0.0717. The first-order chi connectivity index (χ1) is 9.80. The Labute approximate surface area is 119 Å². The summed E-state index contributed by atoms with van der Waals surface area (Å²) in [6, 6.07) is 10.0. The van der Waals surface area contributed by atoms with Crippen molar-refractivity contribution in [3.8, 4) is 0 Å². The van der Waals surface area contributed by atoms with Crippen LogP contribution in [0.4, 0.5) is 5.82 Å². The molecule has 0 saturated carbocycles. The van der Waals surface area contributed by atoms with Crippen LogP contribution in [0.25, 0.3) is 10.9 Å². The molecule has 1 heterocycles. The summed E-state index contributed by atoms with van der Waals surface area (Å²) in [5.41, 5.74) is 7.75. The molecule has 0 amide bonds. The number of anilines is 1. The highest BCUT2D eigenvalue weighted by molar-refractivity contribution is 5.81. The van der Waals surface area contributed by atoms with Crippen molar-refractivity contribution in [2.75, 3.05) is 38.3 Å². The van der Waals surface area contributed by atoms with Crippen LogP contribution in [0.5, 0.6) is 0 Å². The van der Waals surface area contributed by atoms with Crippen molar-refractivity contribution >= 4 is 16.7 Å². The van der Waals surface area contributed by atoms with Gasteiger partial charge in [-0.25, -0.2) is 4.98 Å². The minimum atomic E-state index is 0.0717. The first kappa shape index (κ1) is 14.7. The van der Waals surface area contributed by atoms with E-state index in [-0.39, 0.29) is 6.61 Å². The van der Waals surface area contributed by atoms with Gasteiger partial charge in [-0.3, -0.25) is 0 Å². The molecule has 5 heteroatoms. The second-order valence-corrected chi connectivity index (χ2v) is 4.57. The third kappa shape index (κ3) is 3.25. The van der Waals surface area contributed by atoms with Crippen LogP contribution < -0.4 is 10.6 Å². The number of aliphatic hydroxyl groups excluding tert-OH is 1. The van der Waals surface area contributed by atoms with Gasteiger partial charge in [-0.05, 0) is 12.1 Å². The highest BCUT2D eigenvalue weighted by Crippen LogP contribution is 2.23. The molecular weight excluding hydrogens is 254 g/mol. The third-order valence-electron chi connectivity index (χ3n) is 3.23. The topological polar surface area (TPSA) is 71.6 Å². The van der Waals surface area contributed by atoms with E-state index in [0.29, 0.717) is 26.2 Å². The van der Waals surface area contributed by atoms with Crippen molar-refractivity contribution in [3.05, 3.63) is 35.9 Å². The summed E-state index contributed by atoms with van der Waals surface area (Å²) in [5.74, 6) is 0.831. The van der Waals surface area contributed by atoms with Gasteiger partial charge in [0.2, 0.25) is 0 Å². The molecule has 2 aromatic rings. The molecular formula is C15H21N3O2. The summed E-state index contributed by atoms with van der Waals surface area (Å²) < 4.78 is 5.12. The van der Waals surface area contributed by atoms with Gasteiger partial charge in [-0.1, -0.05) is 18.2 Å². The summed E-state index contributed by atoms with van der Waals surface area (Å²) >= 11 is 0. The number of nitrogens with zero attached hydrogens (tertiary/aromatic N) is 2. The molecule has 0 bridgehead atoms. The van der Waals surface area contributed by atoms with Crippen molar-refractivity contribution < 1.29 is 9.84 Å². The lowest BCUT2D eigenvalue weighted by Crippen LogP contribution is -2.32. The lowest BCUT2D eigenvalue weighted by molar-refractivity contribution is 0.202. The zero-order chi connectivity index (χ0) is 14.4. The second kappa shape index (κ2) is 7.19. The highest BCUT2D eigenvalue weighted by Gasteiger charge is 2.13. The van der Waals surface area contributed by atoms with Gasteiger partial charge in [0.15, 0.2) is 0 Å². The number of para-hydroxylation sites is 1. The van der Waals surface area contributed by atoms with Gasteiger partial charge in [0.25, 0.3) is 0 Å². The lowest BCUT2D eigenvalue weighted by atomic mass is 10.1. The van der Waals surface area contributed by atoms with Gasteiger partial charge < -0.3 is 20.5 Å². The molecule has 0 saturated heterocycles.